The van der Waals surface area contributed by atoms with Gasteiger partial charge in [0.2, 0.25) is 5.78 Å². The standard InChI is InChI=1S/C28H31BrN4O3/c29-21-6-3-7-22-26(21)27(34)31-28-32(18-4-1-2-5-18)23-14-20(17-8-11-30-12-9-17)25(15-24(23)33(22)28)36-19-10-13-35-16-19/h3,6-7,14-15,17-19,30H,1-2,4-5,8-13,16H2. The first-order valence-corrected chi connectivity index (χ1v) is 14.1. The number of nitrogens with one attached hydrogen (secondary N) is 1. The largest absolute Gasteiger partial charge is 0.488 e. The van der Waals surface area contributed by atoms with Gasteiger partial charge < -0.3 is 19.4 Å². The Morgan fingerprint density at radius 2 is 1.86 bits per heavy atom. The molecule has 1 N–H and O–H groups in total. The lowest BCUT2D eigenvalue weighted by Crippen LogP contribution is -2.27. The van der Waals surface area contributed by atoms with Crippen molar-refractivity contribution in [3.63, 3.8) is 0 Å². The summed E-state index contributed by atoms with van der Waals surface area (Å²) in [4.78, 5) is 17.9. The van der Waals surface area contributed by atoms with Gasteiger partial charge in [-0.15, -0.1) is 0 Å². The van der Waals surface area contributed by atoms with E-state index < -0.39 is 0 Å². The van der Waals surface area contributed by atoms with E-state index in [2.05, 4.69) is 42.3 Å². The summed E-state index contributed by atoms with van der Waals surface area (Å²) in [7, 11) is 0. The van der Waals surface area contributed by atoms with Crippen LogP contribution in [0.2, 0.25) is 0 Å². The van der Waals surface area contributed by atoms with Crippen LogP contribution in [0.5, 0.6) is 5.75 Å². The first-order valence-electron chi connectivity index (χ1n) is 13.3. The number of hydrogen-bond donors (Lipinski definition) is 1. The zero-order valence-electron chi connectivity index (χ0n) is 20.3. The summed E-state index contributed by atoms with van der Waals surface area (Å²) in [6.07, 6.45) is 7.84. The van der Waals surface area contributed by atoms with Crippen LogP contribution in [0, 0.1) is 0 Å². The molecule has 7 nitrogen and oxygen atoms in total. The van der Waals surface area contributed by atoms with E-state index in [-0.39, 0.29) is 11.7 Å². The molecule has 4 aromatic rings. The summed E-state index contributed by atoms with van der Waals surface area (Å²) >= 11 is 3.60. The van der Waals surface area contributed by atoms with Crippen molar-refractivity contribution in [2.75, 3.05) is 26.3 Å². The number of fused-ring (bicyclic) bond motifs is 5. The van der Waals surface area contributed by atoms with Gasteiger partial charge in [-0.2, -0.15) is 4.98 Å². The molecule has 2 aromatic heterocycles. The van der Waals surface area contributed by atoms with Crippen molar-refractivity contribution in [3.8, 4) is 5.75 Å². The lowest BCUT2D eigenvalue weighted by Gasteiger charge is -2.26. The number of aromatic nitrogens is 3. The van der Waals surface area contributed by atoms with Gasteiger partial charge in [-0.3, -0.25) is 9.20 Å². The van der Waals surface area contributed by atoms with Crippen LogP contribution in [-0.2, 0) is 4.74 Å². The third-order valence-electron chi connectivity index (χ3n) is 8.32. The van der Waals surface area contributed by atoms with Crippen LogP contribution in [0.3, 0.4) is 0 Å². The van der Waals surface area contributed by atoms with Crippen molar-refractivity contribution < 1.29 is 9.47 Å². The molecule has 3 aliphatic rings. The van der Waals surface area contributed by atoms with Crippen LogP contribution in [-0.4, -0.2) is 46.4 Å². The molecule has 1 aliphatic carbocycles. The summed E-state index contributed by atoms with van der Waals surface area (Å²) < 4.78 is 17.6. The highest BCUT2D eigenvalue weighted by atomic mass is 79.9. The Morgan fingerprint density at radius 3 is 2.64 bits per heavy atom. The normalized spacial score (nSPS) is 21.9. The van der Waals surface area contributed by atoms with Gasteiger partial charge in [0.05, 0.1) is 35.2 Å². The Balaban J connectivity index is 1.55. The predicted octanol–water partition coefficient (Wildman–Crippen LogP) is 5.31. The highest BCUT2D eigenvalue weighted by Crippen LogP contribution is 2.41. The van der Waals surface area contributed by atoms with Crippen molar-refractivity contribution in [2.45, 2.75) is 63.0 Å². The summed E-state index contributed by atoms with van der Waals surface area (Å²) in [5.41, 5.74) is 4.19. The quantitative estimate of drug-likeness (QED) is 0.372. The maximum absolute atomic E-state index is 13.3. The molecule has 7 rings (SSSR count). The SMILES string of the molecule is O=c1nc2n(C3CCCC3)c3cc(C4CCNCC4)c(OC4CCOC4)cc3n2c2cccc(Br)c12. The van der Waals surface area contributed by atoms with Gasteiger partial charge in [0, 0.05) is 23.0 Å². The summed E-state index contributed by atoms with van der Waals surface area (Å²) in [5, 5.41) is 4.12. The Kier molecular flexibility index (Phi) is 5.78. The molecule has 1 atom stereocenters. The molecule has 2 saturated heterocycles. The minimum atomic E-state index is -0.183. The summed E-state index contributed by atoms with van der Waals surface area (Å²) in [6.45, 7) is 3.43. The average Bonchev–Trinajstić information content (AvgIpc) is 3.65. The first kappa shape index (κ1) is 22.8. The van der Waals surface area contributed by atoms with E-state index in [4.69, 9.17) is 14.5 Å². The third kappa shape index (κ3) is 3.68. The second kappa shape index (κ2) is 9.15. The maximum Gasteiger partial charge on any atom is 0.283 e. The van der Waals surface area contributed by atoms with Gasteiger partial charge in [-0.25, -0.2) is 0 Å². The number of rotatable bonds is 4. The third-order valence-corrected chi connectivity index (χ3v) is 8.98. The Morgan fingerprint density at radius 1 is 1.03 bits per heavy atom. The van der Waals surface area contributed by atoms with Crippen molar-refractivity contribution in [3.05, 3.63) is 50.7 Å². The van der Waals surface area contributed by atoms with Crippen LogP contribution >= 0.6 is 15.9 Å². The monoisotopic (exact) mass is 550 g/mol. The Labute approximate surface area is 217 Å². The predicted molar refractivity (Wildman–Crippen MR) is 144 cm³/mol. The van der Waals surface area contributed by atoms with Crippen LogP contribution in [0.1, 0.15) is 62.5 Å². The van der Waals surface area contributed by atoms with Crippen molar-refractivity contribution in [1.82, 2.24) is 19.3 Å². The lowest BCUT2D eigenvalue weighted by atomic mass is 9.89. The fraction of sp³-hybridized carbons (Fsp3) is 0.500. The maximum atomic E-state index is 13.3. The van der Waals surface area contributed by atoms with Crippen LogP contribution < -0.4 is 15.6 Å². The minimum Gasteiger partial charge on any atom is -0.488 e. The Hall–Kier alpha value is -2.42. The molecule has 1 unspecified atom stereocenters. The van der Waals surface area contributed by atoms with E-state index in [0.29, 0.717) is 24.0 Å². The number of hydrogen-bond acceptors (Lipinski definition) is 5. The molecule has 188 valence electrons. The summed E-state index contributed by atoms with van der Waals surface area (Å²) in [6, 6.07) is 10.9. The lowest BCUT2D eigenvalue weighted by molar-refractivity contribution is 0.140. The van der Waals surface area contributed by atoms with Crippen LogP contribution in [0.25, 0.3) is 27.7 Å². The first-order chi connectivity index (χ1) is 17.7. The second-order valence-electron chi connectivity index (χ2n) is 10.5. The molecule has 3 fully saturated rings. The molecular formula is C28H31BrN4O3. The highest BCUT2D eigenvalue weighted by molar-refractivity contribution is 9.10. The molecule has 0 amide bonds. The van der Waals surface area contributed by atoms with E-state index in [9.17, 15) is 4.79 Å². The molecule has 1 saturated carbocycles. The average molecular weight is 551 g/mol. The van der Waals surface area contributed by atoms with Gasteiger partial charge in [0.25, 0.3) is 5.56 Å². The van der Waals surface area contributed by atoms with Crippen LogP contribution in [0.4, 0.5) is 0 Å². The second-order valence-corrected chi connectivity index (χ2v) is 11.4. The van der Waals surface area contributed by atoms with Crippen molar-refractivity contribution in [1.29, 1.82) is 0 Å². The van der Waals surface area contributed by atoms with Gasteiger partial charge in [0.1, 0.15) is 11.9 Å². The van der Waals surface area contributed by atoms with Gasteiger partial charge in [-0.1, -0.05) is 18.9 Å². The fourth-order valence-electron chi connectivity index (χ4n) is 6.53. The molecule has 8 heteroatoms. The van der Waals surface area contributed by atoms with Crippen LogP contribution in [0.15, 0.2) is 39.6 Å². The number of ether oxygens (including phenoxy) is 2. The number of imidazole rings is 1. The van der Waals surface area contributed by atoms with E-state index >= 15 is 0 Å². The Bertz CT molecular complexity index is 1510. The number of nitrogens with zero attached hydrogens (tertiary/aromatic N) is 3. The molecule has 0 bridgehead atoms. The van der Waals surface area contributed by atoms with Gasteiger partial charge in [-0.05, 0) is 84.4 Å². The van der Waals surface area contributed by atoms with E-state index in [1.54, 1.807) is 0 Å². The highest BCUT2D eigenvalue weighted by Gasteiger charge is 2.29. The van der Waals surface area contributed by atoms with E-state index in [1.165, 1.54) is 18.4 Å². The molecule has 0 radical (unpaired) electrons. The van der Waals surface area contributed by atoms with Gasteiger partial charge in [0.15, 0.2) is 0 Å². The summed E-state index contributed by atoms with van der Waals surface area (Å²) in [5.74, 6) is 2.14. The molecule has 2 aromatic carbocycles. The molecule has 36 heavy (non-hydrogen) atoms. The zero-order valence-corrected chi connectivity index (χ0v) is 21.9. The van der Waals surface area contributed by atoms with E-state index in [1.807, 2.05) is 18.2 Å². The van der Waals surface area contributed by atoms with Crippen molar-refractivity contribution in [2.24, 2.45) is 0 Å². The number of piperidine rings is 1. The number of halogens is 1. The van der Waals surface area contributed by atoms with E-state index in [0.717, 1.165) is 84.4 Å². The number of benzene rings is 2. The smallest absolute Gasteiger partial charge is 0.283 e. The molecule has 2 aliphatic heterocycles. The fourth-order valence-corrected chi connectivity index (χ4v) is 7.06. The zero-order chi connectivity index (χ0) is 24.2. The molecule has 4 heterocycles. The van der Waals surface area contributed by atoms with Crippen molar-refractivity contribution >= 4 is 43.6 Å². The van der Waals surface area contributed by atoms with Gasteiger partial charge >= 0.3 is 0 Å². The minimum absolute atomic E-state index is 0.0772. The topological polar surface area (TPSA) is 69.8 Å². The molecule has 0 spiro atoms. The molecular weight excluding hydrogens is 520 g/mol.